The highest BCUT2D eigenvalue weighted by Crippen LogP contribution is 2.29. The first-order valence-electron chi connectivity index (χ1n) is 7.74. The third-order valence-electron chi connectivity index (χ3n) is 3.44. The van der Waals surface area contributed by atoms with Gasteiger partial charge in [-0.2, -0.15) is 0 Å². The summed E-state index contributed by atoms with van der Waals surface area (Å²) in [5, 5.41) is 0. The van der Waals surface area contributed by atoms with Crippen molar-refractivity contribution in [3.8, 4) is 11.4 Å². The van der Waals surface area contributed by atoms with E-state index in [2.05, 4.69) is 33.7 Å². The Balaban J connectivity index is 2.67. The maximum Gasteiger partial charge on any atom is 0.145 e. The molecule has 2 aromatic rings. The van der Waals surface area contributed by atoms with Crippen molar-refractivity contribution in [2.75, 3.05) is 0 Å². The fraction of sp³-hybridized carbons (Fsp3) is 0.0952. The molecule has 122 valence electrons. The van der Waals surface area contributed by atoms with Gasteiger partial charge in [0.1, 0.15) is 5.82 Å². The fourth-order valence-electron chi connectivity index (χ4n) is 2.35. The second kappa shape index (κ2) is 8.46. The van der Waals surface area contributed by atoms with Crippen LogP contribution in [0.2, 0.25) is 0 Å². The van der Waals surface area contributed by atoms with Crippen LogP contribution in [0.15, 0.2) is 72.3 Å². The Morgan fingerprint density at radius 2 is 1.83 bits per heavy atom. The minimum Gasteiger partial charge on any atom is -0.293 e. The van der Waals surface area contributed by atoms with Gasteiger partial charge in [-0.15, -0.1) is 0 Å². The molecule has 3 heteroatoms. The normalized spacial score (nSPS) is 11.8. The van der Waals surface area contributed by atoms with E-state index in [1.54, 1.807) is 6.08 Å². The maximum atomic E-state index is 4.76. The second-order valence-electron chi connectivity index (χ2n) is 5.13. The van der Waals surface area contributed by atoms with Crippen molar-refractivity contribution in [3.05, 3.63) is 83.7 Å². The Hall–Kier alpha value is -2.39. The molecule has 2 rings (SSSR count). The third kappa shape index (κ3) is 3.92. The average Bonchev–Trinajstić information content (AvgIpc) is 2.94. The van der Waals surface area contributed by atoms with E-state index in [0.29, 0.717) is 0 Å². The molecular weight excluding hydrogens is 360 g/mol. The number of hydrogen-bond acceptors (Lipinski definition) is 1. The molecule has 0 amide bonds. The zero-order valence-corrected chi connectivity index (χ0v) is 15.6. The van der Waals surface area contributed by atoms with Gasteiger partial charge in [-0.3, -0.25) is 4.57 Å². The number of imidazole rings is 1. The first kappa shape index (κ1) is 18.0. The van der Waals surface area contributed by atoms with E-state index < -0.39 is 0 Å². The van der Waals surface area contributed by atoms with Gasteiger partial charge in [0, 0.05) is 15.7 Å². The summed E-state index contributed by atoms with van der Waals surface area (Å²) < 4.78 is 3.09. The van der Waals surface area contributed by atoms with E-state index in [4.69, 9.17) is 4.98 Å². The molecule has 0 radical (unpaired) electrons. The van der Waals surface area contributed by atoms with E-state index >= 15 is 0 Å². The lowest BCUT2D eigenvalue weighted by Gasteiger charge is -2.10. The van der Waals surface area contributed by atoms with Gasteiger partial charge >= 0.3 is 0 Å². The van der Waals surface area contributed by atoms with Gasteiger partial charge in [0.15, 0.2) is 0 Å². The van der Waals surface area contributed by atoms with Crippen LogP contribution >= 0.6 is 15.9 Å². The van der Waals surface area contributed by atoms with Crippen molar-refractivity contribution < 1.29 is 0 Å². The van der Waals surface area contributed by atoms with Crippen LogP contribution in [0.4, 0.5) is 0 Å². The van der Waals surface area contributed by atoms with E-state index in [1.807, 2.05) is 74.6 Å². The Morgan fingerprint density at radius 1 is 1.12 bits per heavy atom. The van der Waals surface area contributed by atoms with Crippen LogP contribution in [0.3, 0.4) is 0 Å². The molecule has 1 aromatic carbocycles. The van der Waals surface area contributed by atoms with Crippen molar-refractivity contribution in [3.63, 3.8) is 0 Å². The topological polar surface area (TPSA) is 17.8 Å². The number of hydrogen-bond donors (Lipinski definition) is 0. The Bertz CT molecular complexity index is 818. The predicted molar refractivity (Wildman–Crippen MR) is 109 cm³/mol. The van der Waals surface area contributed by atoms with Crippen molar-refractivity contribution in [1.29, 1.82) is 0 Å². The van der Waals surface area contributed by atoms with Gasteiger partial charge in [0.25, 0.3) is 0 Å². The summed E-state index contributed by atoms with van der Waals surface area (Å²) in [6.45, 7) is 12.1. The van der Waals surface area contributed by atoms with Crippen LogP contribution in [0.25, 0.3) is 29.2 Å². The molecular formula is C21H21BrN2. The monoisotopic (exact) mass is 380 g/mol. The molecule has 0 aliphatic heterocycles. The highest BCUT2D eigenvalue weighted by atomic mass is 79.9. The Kier molecular flexibility index (Phi) is 6.33. The standard InChI is InChI=1S/C21H21BrN2/c1-5-8-9-11-16(4)24-20(10-6-2)19(7-3)23-21(24)17-12-14-18(22)15-13-17/h5-15H,3-4H2,1-2H3/b8-5-,10-6-,11-9-. The van der Waals surface area contributed by atoms with Crippen LogP contribution in [0, 0.1) is 0 Å². The maximum absolute atomic E-state index is 4.76. The van der Waals surface area contributed by atoms with Gasteiger partial charge in [-0.1, -0.05) is 65.5 Å². The van der Waals surface area contributed by atoms with Gasteiger partial charge in [0.05, 0.1) is 11.4 Å². The lowest BCUT2D eigenvalue weighted by Crippen LogP contribution is -1.99. The lowest BCUT2D eigenvalue weighted by molar-refractivity contribution is 1.10. The van der Waals surface area contributed by atoms with Gasteiger partial charge in [-0.05, 0) is 44.2 Å². The van der Waals surface area contributed by atoms with Crippen LogP contribution < -0.4 is 0 Å². The zero-order chi connectivity index (χ0) is 17.5. The van der Waals surface area contributed by atoms with E-state index in [-0.39, 0.29) is 0 Å². The van der Waals surface area contributed by atoms with Crippen molar-refractivity contribution in [1.82, 2.24) is 9.55 Å². The second-order valence-corrected chi connectivity index (χ2v) is 6.04. The molecule has 0 atom stereocenters. The summed E-state index contributed by atoms with van der Waals surface area (Å²) in [5.41, 5.74) is 3.68. The van der Waals surface area contributed by atoms with E-state index in [0.717, 1.165) is 32.9 Å². The minimum absolute atomic E-state index is 0.839. The predicted octanol–water partition coefficient (Wildman–Crippen LogP) is 6.59. The molecule has 24 heavy (non-hydrogen) atoms. The van der Waals surface area contributed by atoms with Crippen molar-refractivity contribution in [2.45, 2.75) is 13.8 Å². The highest BCUT2D eigenvalue weighted by Gasteiger charge is 2.16. The van der Waals surface area contributed by atoms with Crippen molar-refractivity contribution >= 4 is 33.8 Å². The first-order valence-corrected chi connectivity index (χ1v) is 8.54. The van der Waals surface area contributed by atoms with Crippen LogP contribution in [-0.2, 0) is 0 Å². The molecule has 1 aromatic heterocycles. The van der Waals surface area contributed by atoms with Crippen LogP contribution in [0.5, 0.6) is 0 Å². The molecule has 0 spiro atoms. The quantitative estimate of drug-likeness (QED) is 0.516. The summed E-state index contributed by atoms with van der Waals surface area (Å²) in [4.78, 5) is 4.76. The summed E-state index contributed by atoms with van der Waals surface area (Å²) in [7, 11) is 0. The SMILES string of the molecule is C=Cc1nc(-c2ccc(Br)cc2)n(C(=C)/C=C\C=C/C)c1/C=C\C. The zero-order valence-electron chi connectivity index (χ0n) is 14.0. The number of nitrogens with zero attached hydrogens (tertiary/aromatic N) is 2. The molecule has 2 nitrogen and oxygen atoms in total. The third-order valence-corrected chi connectivity index (χ3v) is 3.97. The highest BCUT2D eigenvalue weighted by molar-refractivity contribution is 9.10. The van der Waals surface area contributed by atoms with Gasteiger partial charge in [0.2, 0.25) is 0 Å². The Morgan fingerprint density at radius 3 is 2.42 bits per heavy atom. The summed E-state index contributed by atoms with van der Waals surface area (Å²) >= 11 is 3.47. The molecule has 0 saturated carbocycles. The number of allylic oxidation sites excluding steroid dienone is 6. The van der Waals surface area contributed by atoms with Crippen molar-refractivity contribution in [2.24, 2.45) is 0 Å². The average molecular weight is 381 g/mol. The molecule has 0 saturated heterocycles. The summed E-state index contributed by atoms with van der Waals surface area (Å²) in [5.74, 6) is 0.848. The largest absolute Gasteiger partial charge is 0.293 e. The number of benzene rings is 1. The minimum atomic E-state index is 0.839. The van der Waals surface area contributed by atoms with E-state index in [1.165, 1.54) is 0 Å². The lowest BCUT2D eigenvalue weighted by atomic mass is 10.2. The summed E-state index contributed by atoms with van der Waals surface area (Å²) in [6, 6.07) is 8.10. The molecule has 0 aliphatic rings. The molecule has 0 aliphatic carbocycles. The Labute approximate surface area is 152 Å². The molecule has 0 fully saturated rings. The number of aromatic nitrogens is 2. The molecule has 0 bridgehead atoms. The van der Waals surface area contributed by atoms with Gasteiger partial charge in [-0.25, -0.2) is 4.98 Å². The molecule has 0 unspecified atom stereocenters. The van der Waals surface area contributed by atoms with E-state index in [9.17, 15) is 0 Å². The van der Waals surface area contributed by atoms with Crippen LogP contribution in [-0.4, -0.2) is 9.55 Å². The molecule has 0 N–H and O–H groups in total. The fourth-order valence-corrected chi connectivity index (χ4v) is 2.62. The van der Waals surface area contributed by atoms with Crippen LogP contribution in [0.1, 0.15) is 25.2 Å². The summed E-state index contributed by atoms with van der Waals surface area (Å²) in [6.07, 6.45) is 13.7. The first-order chi connectivity index (χ1) is 11.6. The smallest absolute Gasteiger partial charge is 0.145 e. The molecule has 1 heterocycles. The number of rotatable bonds is 6. The van der Waals surface area contributed by atoms with Gasteiger partial charge < -0.3 is 0 Å². The number of halogens is 1.